The second-order valence-electron chi connectivity index (χ2n) is 11.9. The molecule has 2 heterocycles. The Hall–Kier alpha value is -5.74. The smallest absolute Gasteiger partial charge is 0.0766 e. The summed E-state index contributed by atoms with van der Waals surface area (Å²) in [4.78, 5) is 0. The zero-order valence-electron chi connectivity index (χ0n) is 25.5. The van der Waals surface area contributed by atoms with Crippen LogP contribution in [0.1, 0.15) is 47.2 Å². The van der Waals surface area contributed by atoms with Crippen LogP contribution in [-0.4, -0.2) is 32.2 Å². The summed E-state index contributed by atoms with van der Waals surface area (Å²) >= 11 is 0. The summed E-state index contributed by atoms with van der Waals surface area (Å²) in [5, 5.41) is 10.3. The molecule has 220 valence electrons. The van der Waals surface area contributed by atoms with Gasteiger partial charge in [-0.2, -0.15) is 0 Å². The van der Waals surface area contributed by atoms with Gasteiger partial charge in [-0.25, -0.2) is 0 Å². The molecule has 0 spiro atoms. The van der Waals surface area contributed by atoms with E-state index in [-0.39, 0.29) is 12.1 Å². The van der Waals surface area contributed by atoms with E-state index in [2.05, 4.69) is 179 Å². The van der Waals surface area contributed by atoms with Gasteiger partial charge in [0.05, 0.1) is 12.8 Å². The van der Waals surface area contributed by atoms with Gasteiger partial charge < -0.3 is 0 Å². The summed E-state index contributed by atoms with van der Waals surface area (Å²) in [6, 6.07) is 42.7. The van der Waals surface area contributed by atoms with Crippen molar-refractivity contribution in [2.45, 2.75) is 24.9 Å². The summed E-state index contributed by atoms with van der Waals surface area (Å²) in [7, 11) is 0. The quantitative estimate of drug-likeness (QED) is 0.212. The summed E-state index contributed by atoms with van der Waals surface area (Å²) in [5.74, 6) is 0. The second kappa shape index (κ2) is 12.3. The molecule has 4 aromatic carbocycles. The highest BCUT2D eigenvalue weighted by Gasteiger charge is 2.37. The van der Waals surface area contributed by atoms with Crippen LogP contribution in [0.2, 0.25) is 0 Å². The Labute approximate surface area is 270 Å². The number of hydrogen-bond acceptors (Lipinski definition) is 2. The van der Waals surface area contributed by atoms with Crippen molar-refractivity contribution in [1.82, 2.24) is 0 Å². The van der Waals surface area contributed by atoms with E-state index in [1.165, 1.54) is 33.4 Å². The molecule has 0 saturated heterocycles. The molecule has 0 amide bonds. The van der Waals surface area contributed by atoms with Crippen molar-refractivity contribution in [2.24, 2.45) is 10.2 Å². The summed E-state index contributed by atoms with van der Waals surface area (Å²) in [5.41, 5.74) is 11.6. The normalized spacial score (nSPS) is 20.5. The van der Waals surface area contributed by atoms with Gasteiger partial charge in [0.15, 0.2) is 0 Å². The minimum absolute atomic E-state index is 0.154. The molecule has 4 nitrogen and oxygen atoms in total. The third kappa shape index (κ3) is 5.50. The fraction of sp³-hybridized carbons (Fsp3) is 0.0952. The molecule has 46 heavy (non-hydrogen) atoms. The summed E-state index contributed by atoms with van der Waals surface area (Å²) in [6.07, 6.45) is 19.3. The van der Waals surface area contributed by atoms with Crippen LogP contribution in [0.3, 0.4) is 0 Å². The molecule has 0 radical (unpaired) electrons. The molecule has 8 rings (SSSR count). The third-order valence-electron chi connectivity index (χ3n) is 9.00. The Balaban J connectivity index is 1.10. The number of allylic oxidation sites excluding steroid dienone is 10. The molecular weight excluding hydrogens is 560 g/mol. The fourth-order valence-electron chi connectivity index (χ4n) is 6.59. The van der Waals surface area contributed by atoms with E-state index in [1.807, 2.05) is 0 Å². The second-order valence-corrected chi connectivity index (χ2v) is 11.9. The Morgan fingerprint density at radius 1 is 0.391 bits per heavy atom. The van der Waals surface area contributed by atoms with Crippen LogP contribution < -0.4 is 0 Å². The molecule has 0 bridgehead atoms. The van der Waals surface area contributed by atoms with Gasteiger partial charge in [0.1, 0.15) is 11.4 Å². The zero-order valence-corrected chi connectivity index (χ0v) is 25.5. The van der Waals surface area contributed by atoms with Crippen molar-refractivity contribution in [2.75, 3.05) is 0 Å². The molecule has 4 aromatic rings. The lowest BCUT2D eigenvalue weighted by atomic mass is 9.96. The molecule has 2 unspecified atom stereocenters. The fourth-order valence-corrected chi connectivity index (χ4v) is 6.59. The van der Waals surface area contributed by atoms with Crippen molar-refractivity contribution in [3.63, 3.8) is 0 Å². The van der Waals surface area contributed by atoms with Gasteiger partial charge in [-0.1, -0.05) is 131 Å². The first-order valence-electron chi connectivity index (χ1n) is 15.9. The number of rotatable bonds is 4. The van der Waals surface area contributed by atoms with E-state index < -0.39 is 0 Å². The largest absolute Gasteiger partial charge is 0.232 e. The molecule has 4 heteroatoms. The highest BCUT2D eigenvalue weighted by atomic mass is 15.4. The predicted molar refractivity (Wildman–Crippen MR) is 188 cm³/mol. The van der Waals surface area contributed by atoms with Gasteiger partial charge in [0, 0.05) is 46.6 Å². The SMILES string of the molecule is C1=CC(=[N+]2N=C(c3ccccc3)CC2c2ccccc2)C=CC1=C1C=CC(=[N+]2N=C(c3ccccc3)CC2c2ccccc2)C=C1. The van der Waals surface area contributed by atoms with E-state index in [0.29, 0.717) is 0 Å². The maximum Gasteiger partial charge on any atom is 0.232 e. The number of hydrogen-bond donors (Lipinski definition) is 0. The monoisotopic (exact) mass is 594 g/mol. The van der Waals surface area contributed by atoms with E-state index in [9.17, 15) is 0 Å². The summed E-state index contributed by atoms with van der Waals surface area (Å²) in [6.45, 7) is 0. The standard InChI is InChI=1S/C42H34N4/c1-5-13-33(14-6-1)39-29-41(35-17-9-3-10-18-35)45(43-39)37-25-21-31(22-26-37)32-23-27-38(28-24-32)46-42(36-19-11-4-12-20-36)30-40(44-46)34-15-7-2-8-16-34/h1-28,41-42H,29-30H2/q+2. The Kier molecular flexibility index (Phi) is 7.45. The lowest BCUT2D eigenvalue weighted by Crippen LogP contribution is -2.17. The van der Waals surface area contributed by atoms with E-state index in [4.69, 9.17) is 10.2 Å². The van der Waals surface area contributed by atoms with Gasteiger partial charge in [0.2, 0.25) is 23.5 Å². The highest BCUT2D eigenvalue weighted by molar-refractivity contribution is 6.06. The lowest BCUT2D eigenvalue weighted by Gasteiger charge is -2.11. The first-order chi connectivity index (χ1) is 22.8. The van der Waals surface area contributed by atoms with Crippen molar-refractivity contribution in [1.29, 1.82) is 0 Å². The van der Waals surface area contributed by atoms with Gasteiger partial charge in [-0.05, 0) is 45.7 Å². The minimum atomic E-state index is 0.154. The average molecular weight is 595 g/mol. The van der Waals surface area contributed by atoms with E-state index >= 15 is 0 Å². The van der Waals surface area contributed by atoms with Crippen LogP contribution in [0, 0.1) is 0 Å². The third-order valence-corrected chi connectivity index (χ3v) is 9.00. The van der Waals surface area contributed by atoms with Crippen LogP contribution >= 0.6 is 0 Å². The maximum absolute atomic E-state index is 5.14. The summed E-state index contributed by atoms with van der Waals surface area (Å²) < 4.78 is 4.37. The highest BCUT2D eigenvalue weighted by Crippen LogP contribution is 2.32. The minimum Gasteiger partial charge on any atom is -0.0766 e. The lowest BCUT2D eigenvalue weighted by molar-refractivity contribution is -0.566. The van der Waals surface area contributed by atoms with Crippen molar-refractivity contribution in [3.8, 4) is 0 Å². The first-order valence-corrected chi connectivity index (χ1v) is 15.9. The van der Waals surface area contributed by atoms with Crippen LogP contribution in [0.15, 0.2) is 191 Å². The van der Waals surface area contributed by atoms with E-state index in [1.54, 1.807) is 0 Å². The number of benzene rings is 4. The number of nitrogens with zero attached hydrogens (tertiary/aromatic N) is 4. The van der Waals surface area contributed by atoms with Gasteiger partial charge in [0.25, 0.3) is 0 Å². The topological polar surface area (TPSA) is 30.7 Å². The molecule has 0 fully saturated rings. The molecule has 4 aliphatic rings. The van der Waals surface area contributed by atoms with Crippen LogP contribution in [-0.2, 0) is 0 Å². The van der Waals surface area contributed by atoms with Crippen LogP contribution in [0.4, 0.5) is 0 Å². The van der Waals surface area contributed by atoms with Crippen molar-refractivity contribution >= 4 is 22.8 Å². The van der Waals surface area contributed by atoms with Gasteiger partial charge in [-0.15, -0.1) is 0 Å². The maximum atomic E-state index is 5.14. The van der Waals surface area contributed by atoms with E-state index in [0.717, 1.165) is 35.7 Å². The van der Waals surface area contributed by atoms with Crippen LogP contribution in [0.5, 0.6) is 0 Å². The molecule has 2 aliphatic carbocycles. The van der Waals surface area contributed by atoms with Crippen LogP contribution in [0.25, 0.3) is 0 Å². The first kappa shape index (κ1) is 27.8. The van der Waals surface area contributed by atoms with Gasteiger partial charge in [-0.3, -0.25) is 0 Å². The average Bonchev–Trinajstić information content (AvgIpc) is 3.80. The Bertz CT molecular complexity index is 1870. The zero-order chi connectivity index (χ0) is 30.7. The predicted octanol–water partition coefficient (Wildman–Crippen LogP) is 8.54. The molecule has 0 saturated carbocycles. The molecule has 2 aliphatic heterocycles. The molecule has 2 atom stereocenters. The Morgan fingerprint density at radius 3 is 1.07 bits per heavy atom. The Morgan fingerprint density at radius 2 is 0.717 bits per heavy atom. The van der Waals surface area contributed by atoms with Crippen molar-refractivity contribution < 1.29 is 9.37 Å². The van der Waals surface area contributed by atoms with Gasteiger partial charge >= 0.3 is 0 Å². The van der Waals surface area contributed by atoms with Crippen molar-refractivity contribution in [3.05, 3.63) is 203 Å². The molecule has 0 aromatic heterocycles. The molecular formula is C42H34N4+2. The molecule has 0 N–H and O–H groups in total. The number of hydrazone groups is 2.